The molecule has 1 unspecified atom stereocenters. The Kier molecular flexibility index (Phi) is 7.46. The fourth-order valence-electron chi connectivity index (χ4n) is 3.00. The van der Waals surface area contributed by atoms with Crippen LogP contribution in [-0.4, -0.2) is 62.7 Å². The van der Waals surface area contributed by atoms with Gasteiger partial charge in [-0.25, -0.2) is 14.6 Å². The molecule has 1 amide bonds. The van der Waals surface area contributed by atoms with E-state index in [-0.39, 0.29) is 11.9 Å². The van der Waals surface area contributed by atoms with Gasteiger partial charge in [-0.15, -0.1) is 0 Å². The first-order chi connectivity index (χ1) is 14.8. The maximum absolute atomic E-state index is 12.7. The second-order valence-corrected chi connectivity index (χ2v) is 6.96. The molecule has 3 rings (SSSR count). The number of likely N-dealkylation sites (tertiary alicyclic amines) is 1. The van der Waals surface area contributed by atoms with Crippen molar-refractivity contribution in [3.63, 3.8) is 0 Å². The van der Waals surface area contributed by atoms with Gasteiger partial charge in [-0.3, -0.25) is 10.2 Å². The number of aromatic nitrogens is 1. The molecular weight excluding hydrogens is 459 g/mol. The van der Waals surface area contributed by atoms with Crippen molar-refractivity contribution >= 4 is 52.0 Å². The number of nitrogens with zero attached hydrogens (tertiary/aromatic N) is 2. The van der Waals surface area contributed by atoms with Crippen molar-refractivity contribution in [2.75, 3.05) is 11.9 Å². The lowest BCUT2D eigenvalue weighted by atomic mass is 10.1. The van der Waals surface area contributed by atoms with Crippen LogP contribution in [0, 0.1) is 5.41 Å². The summed E-state index contributed by atoms with van der Waals surface area (Å²) >= 11 is 6.14. The standard InChI is InChI=1S/C16H16ClN5O3.C2HF3O2/c17-11-7-20-13(21-16(18)19)10-6-8(3-4-9(10)11)14(23)22-5-1-2-12(22)15(24)25;3-2(4,5)1(6)7/h3-4,6-7,12H,1-2,5H2,(H,24,25)(H4,18,19,20,21);(H,6,7). The third-order valence-corrected chi connectivity index (χ3v) is 4.68. The van der Waals surface area contributed by atoms with Crippen molar-refractivity contribution in [3.05, 3.63) is 35.0 Å². The zero-order chi connectivity index (χ0) is 24.2. The molecule has 2 aromatic rings. The van der Waals surface area contributed by atoms with Gasteiger partial charge in [0.25, 0.3) is 5.91 Å². The minimum absolute atomic E-state index is 0.293. The number of amides is 1. The number of hydrogen-bond donors (Lipinski definition) is 5. The molecule has 10 nitrogen and oxygen atoms in total. The van der Waals surface area contributed by atoms with Crippen LogP contribution < -0.4 is 11.1 Å². The molecule has 6 N–H and O–H groups in total. The molecule has 32 heavy (non-hydrogen) atoms. The van der Waals surface area contributed by atoms with Gasteiger partial charge < -0.3 is 26.2 Å². The van der Waals surface area contributed by atoms with Crippen molar-refractivity contribution in [2.24, 2.45) is 5.73 Å². The lowest BCUT2D eigenvalue weighted by molar-refractivity contribution is -0.192. The third kappa shape index (κ3) is 5.75. The van der Waals surface area contributed by atoms with Crippen LogP contribution in [0.1, 0.15) is 23.2 Å². The number of pyridine rings is 1. The number of hydrogen-bond acceptors (Lipinski definition) is 5. The van der Waals surface area contributed by atoms with E-state index >= 15 is 0 Å². The summed E-state index contributed by atoms with van der Waals surface area (Å²) in [5, 5.41) is 27.9. The average molecular weight is 476 g/mol. The number of guanidine groups is 1. The van der Waals surface area contributed by atoms with Gasteiger partial charge in [-0.2, -0.15) is 13.2 Å². The number of anilines is 1. The molecule has 0 bridgehead atoms. The second-order valence-electron chi connectivity index (χ2n) is 6.55. The fourth-order valence-corrected chi connectivity index (χ4v) is 3.21. The highest BCUT2D eigenvalue weighted by Gasteiger charge is 2.38. The van der Waals surface area contributed by atoms with Gasteiger partial charge in [0.05, 0.1) is 5.02 Å². The number of carboxylic acid groups (broad SMARTS) is 2. The number of nitrogens with one attached hydrogen (secondary N) is 2. The van der Waals surface area contributed by atoms with Crippen molar-refractivity contribution in [1.82, 2.24) is 9.88 Å². The fraction of sp³-hybridized carbons (Fsp3) is 0.278. The molecule has 1 aromatic carbocycles. The highest BCUT2D eigenvalue weighted by molar-refractivity contribution is 6.36. The van der Waals surface area contributed by atoms with Crippen molar-refractivity contribution in [3.8, 4) is 0 Å². The van der Waals surface area contributed by atoms with Crippen LogP contribution in [0.15, 0.2) is 24.4 Å². The van der Waals surface area contributed by atoms with Crippen LogP contribution in [0.4, 0.5) is 19.0 Å². The number of carbonyl (C=O) groups excluding carboxylic acids is 1. The molecule has 2 heterocycles. The molecule has 0 aliphatic carbocycles. The van der Waals surface area contributed by atoms with Crippen molar-refractivity contribution in [2.45, 2.75) is 25.1 Å². The van der Waals surface area contributed by atoms with E-state index in [0.717, 1.165) is 0 Å². The van der Waals surface area contributed by atoms with E-state index < -0.39 is 24.2 Å². The smallest absolute Gasteiger partial charge is 0.480 e. The van der Waals surface area contributed by atoms with Gasteiger partial charge in [-0.05, 0) is 25.0 Å². The molecule has 1 aliphatic heterocycles. The molecule has 1 atom stereocenters. The van der Waals surface area contributed by atoms with Gasteiger partial charge in [0.1, 0.15) is 11.9 Å². The predicted octanol–water partition coefficient (Wildman–Crippen LogP) is 2.52. The first kappa shape index (κ1) is 24.7. The number of alkyl halides is 3. The van der Waals surface area contributed by atoms with Crippen LogP contribution in [0.5, 0.6) is 0 Å². The maximum Gasteiger partial charge on any atom is 0.490 e. The molecule has 14 heteroatoms. The van der Waals surface area contributed by atoms with E-state index in [2.05, 4.69) is 10.3 Å². The molecule has 1 fully saturated rings. The molecule has 0 spiro atoms. The summed E-state index contributed by atoms with van der Waals surface area (Å²) in [5.41, 5.74) is 5.69. The summed E-state index contributed by atoms with van der Waals surface area (Å²) in [6.07, 6.45) is -2.56. The zero-order valence-electron chi connectivity index (χ0n) is 16.1. The van der Waals surface area contributed by atoms with E-state index in [1.807, 2.05) is 0 Å². The average Bonchev–Trinajstić information content (AvgIpc) is 3.19. The van der Waals surface area contributed by atoms with Crippen molar-refractivity contribution in [1.29, 1.82) is 5.41 Å². The predicted molar refractivity (Wildman–Crippen MR) is 108 cm³/mol. The Hall–Kier alpha value is -3.61. The van der Waals surface area contributed by atoms with Gasteiger partial charge in [-0.1, -0.05) is 17.7 Å². The van der Waals surface area contributed by atoms with E-state index in [1.54, 1.807) is 18.2 Å². The van der Waals surface area contributed by atoms with Gasteiger partial charge in [0.2, 0.25) is 0 Å². The second kappa shape index (κ2) is 9.68. The number of benzene rings is 1. The van der Waals surface area contributed by atoms with E-state index in [0.29, 0.717) is 46.6 Å². The summed E-state index contributed by atoms with van der Waals surface area (Å²) in [4.78, 5) is 38.4. The molecule has 1 aliphatic rings. The summed E-state index contributed by atoms with van der Waals surface area (Å²) in [7, 11) is 0. The Morgan fingerprint density at radius 1 is 1.25 bits per heavy atom. The van der Waals surface area contributed by atoms with Crippen LogP contribution in [0.25, 0.3) is 10.8 Å². The summed E-state index contributed by atoms with van der Waals surface area (Å²) in [6.45, 7) is 0.403. The zero-order valence-corrected chi connectivity index (χ0v) is 16.9. The number of carboxylic acids is 2. The number of nitrogens with two attached hydrogens (primary N) is 1. The topological polar surface area (TPSA) is 170 Å². The Bertz CT molecular complexity index is 1080. The van der Waals surface area contributed by atoms with E-state index in [9.17, 15) is 27.9 Å². The van der Waals surface area contributed by atoms with Gasteiger partial charge >= 0.3 is 18.1 Å². The summed E-state index contributed by atoms with van der Waals surface area (Å²) in [6, 6.07) is 4.05. The molecule has 0 radical (unpaired) electrons. The van der Waals surface area contributed by atoms with Crippen LogP contribution >= 0.6 is 11.6 Å². The van der Waals surface area contributed by atoms with Gasteiger partial charge in [0.15, 0.2) is 5.96 Å². The molecule has 1 aromatic heterocycles. The highest BCUT2D eigenvalue weighted by Crippen LogP contribution is 2.30. The highest BCUT2D eigenvalue weighted by atomic mass is 35.5. The Morgan fingerprint density at radius 2 is 1.88 bits per heavy atom. The monoisotopic (exact) mass is 475 g/mol. The van der Waals surface area contributed by atoms with Crippen LogP contribution in [0.3, 0.4) is 0 Å². The normalized spacial score (nSPS) is 15.6. The van der Waals surface area contributed by atoms with E-state index in [1.165, 1.54) is 11.1 Å². The molecule has 0 saturated carbocycles. The number of carbonyl (C=O) groups is 3. The first-order valence-electron chi connectivity index (χ1n) is 8.86. The largest absolute Gasteiger partial charge is 0.490 e. The lowest BCUT2D eigenvalue weighted by Gasteiger charge is -2.21. The molecular formula is C18H17ClF3N5O5. The minimum Gasteiger partial charge on any atom is -0.480 e. The van der Waals surface area contributed by atoms with E-state index in [4.69, 9.17) is 32.6 Å². The number of fused-ring (bicyclic) bond motifs is 1. The summed E-state index contributed by atoms with van der Waals surface area (Å²) < 4.78 is 31.7. The Balaban J connectivity index is 0.000000451. The number of rotatable bonds is 3. The van der Waals surface area contributed by atoms with Crippen molar-refractivity contribution < 1.29 is 37.8 Å². The van der Waals surface area contributed by atoms with Crippen LogP contribution in [0.2, 0.25) is 5.02 Å². The quantitative estimate of drug-likeness (QED) is 0.333. The van der Waals surface area contributed by atoms with Crippen LogP contribution in [-0.2, 0) is 9.59 Å². The van der Waals surface area contributed by atoms with Gasteiger partial charge in [0, 0.05) is 29.1 Å². The number of halogens is 4. The maximum atomic E-state index is 12.7. The SMILES string of the molecule is N=C(N)Nc1ncc(Cl)c2ccc(C(=O)N3CCCC3C(=O)O)cc12.O=C(O)C(F)(F)F. The molecule has 1 saturated heterocycles. The third-order valence-electron chi connectivity index (χ3n) is 4.38. The minimum atomic E-state index is -5.08. The lowest BCUT2D eigenvalue weighted by Crippen LogP contribution is -2.40. The summed E-state index contributed by atoms with van der Waals surface area (Å²) in [5.74, 6) is -4.11. The molecule has 172 valence electrons. The Labute approximate surface area is 183 Å². The Morgan fingerprint density at radius 3 is 2.41 bits per heavy atom. The number of aliphatic carboxylic acids is 2. The first-order valence-corrected chi connectivity index (χ1v) is 9.24.